The molecule has 4 rings (SSSR count). The molecule has 4 N–H and O–H groups in total. The number of aromatic amines is 1. The van der Waals surface area contributed by atoms with Crippen LogP contribution in [0.15, 0.2) is 54.7 Å². The fourth-order valence-corrected chi connectivity index (χ4v) is 4.02. The molecule has 6 heteroatoms. The molecule has 1 atom stereocenters. The maximum atomic E-state index is 12.9. The molecular formula is C24H29N3O3. The molecule has 1 saturated carbocycles. The van der Waals surface area contributed by atoms with E-state index in [1.165, 1.54) is 32.1 Å². The fraction of sp³-hybridized carbons (Fsp3) is 0.375. The van der Waals surface area contributed by atoms with Gasteiger partial charge in [-0.25, -0.2) is 0 Å². The number of nitrogens with one attached hydrogen (secondary N) is 3. The van der Waals surface area contributed by atoms with Gasteiger partial charge < -0.3 is 25.5 Å². The second-order valence-corrected chi connectivity index (χ2v) is 7.90. The molecule has 3 aromatic rings. The van der Waals surface area contributed by atoms with Crippen LogP contribution in [0.4, 0.5) is 5.69 Å². The molecule has 1 amide bonds. The highest BCUT2D eigenvalue weighted by Crippen LogP contribution is 2.25. The summed E-state index contributed by atoms with van der Waals surface area (Å²) in [6, 6.07) is 15.3. The Kier molecular flexibility index (Phi) is 6.67. The second kappa shape index (κ2) is 9.78. The summed E-state index contributed by atoms with van der Waals surface area (Å²) in [6.07, 6.45) is 7.37. The van der Waals surface area contributed by atoms with E-state index in [1.807, 2.05) is 36.5 Å². The van der Waals surface area contributed by atoms with Crippen LogP contribution >= 0.6 is 0 Å². The Hall–Kier alpha value is -2.83. The zero-order chi connectivity index (χ0) is 20.8. The lowest BCUT2D eigenvalue weighted by Gasteiger charge is -2.24. The van der Waals surface area contributed by atoms with Crippen LogP contribution in [-0.4, -0.2) is 41.3 Å². The van der Waals surface area contributed by atoms with Crippen molar-refractivity contribution in [1.29, 1.82) is 0 Å². The maximum Gasteiger partial charge on any atom is 0.259 e. The molecule has 1 aliphatic rings. The van der Waals surface area contributed by atoms with E-state index in [0.29, 0.717) is 23.9 Å². The standard InChI is InChI=1S/C24H29N3O3/c28-18(15-26-17-7-2-1-3-8-17)16-30-23-12-5-4-9-20(23)24(29)27-22-11-6-10-21-19(22)13-14-25-21/h4-6,9-14,17-18,25-26,28H,1-3,7-8,15-16H2,(H,27,29). The number of aliphatic hydroxyl groups is 1. The number of carbonyl (C=O) groups excluding carboxylic acids is 1. The van der Waals surface area contributed by atoms with E-state index in [2.05, 4.69) is 15.6 Å². The van der Waals surface area contributed by atoms with Gasteiger partial charge in [-0.15, -0.1) is 0 Å². The predicted molar refractivity (Wildman–Crippen MR) is 119 cm³/mol. The third-order valence-electron chi connectivity index (χ3n) is 5.65. The number of amides is 1. The van der Waals surface area contributed by atoms with Crippen molar-refractivity contribution >= 4 is 22.5 Å². The Morgan fingerprint density at radius 2 is 1.93 bits per heavy atom. The number of H-pyrrole nitrogens is 1. The number of carbonyl (C=O) groups is 1. The predicted octanol–water partition coefficient (Wildman–Crippen LogP) is 4.08. The molecule has 6 nitrogen and oxygen atoms in total. The first-order valence-corrected chi connectivity index (χ1v) is 10.7. The lowest BCUT2D eigenvalue weighted by Crippen LogP contribution is -2.39. The number of rotatable bonds is 8. The Morgan fingerprint density at radius 1 is 1.10 bits per heavy atom. The molecule has 0 saturated heterocycles. The molecule has 1 fully saturated rings. The zero-order valence-corrected chi connectivity index (χ0v) is 17.1. The van der Waals surface area contributed by atoms with Crippen molar-refractivity contribution in [2.45, 2.75) is 44.2 Å². The van der Waals surface area contributed by atoms with Gasteiger partial charge in [0, 0.05) is 29.7 Å². The van der Waals surface area contributed by atoms with E-state index >= 15 is 0 Å². The molecule has 1 aromatic heterocycles. The molecular weight excluding hydrogens is 378 g/mol. The highest BCUT2D eigenvalue weighted by atomic mass is 16.5. The zero-order valence-electron chi connectivity index (χ0n) is 17.1. The summed E-state index contributed by atoms with van der Waals surface area (Å²) >= 11 is 0. The third-order valence-corrected chi connectivity index (χ3v) is 5.65. The summed E-state index contributed by atoms with van der Waals surface area (Å²) in [5.74, 6) is 0.224. The molecule has 0 bridgehead atoms. The number of hydrogen-bond donors (Lipinski definition) is 4. The Balaban J connectivity index is 1.36. The van der Waals surface area contributed by atoms with E-state index < -0.39 is 6.10 Å². The van der Waals surface area contributed by atoms with Gasteiger partial charge in [-0.2, -0.15) is 0 Å². The number of hydrogen-bond acceptors (Lipinski definition) is 4. The van der Waals surface area contributed by atoms with Crippen molar-refractivity contribution in [1.82, 2.24) is 10.3 Å². The van der Waals surface area contributed by atoms with Gasteiger partial charge in [0.25, 0.3) is 5.91 Å². The van der Waals surface area contributed by atoms with Crippen molar-refractivity contribution in [2.75, 3.05) is 18.5 Å². The molecule has 30 heavy (non-hydrogen) atoms. The summed E-state index contributed by atoms with van der Waals surface area (Å²) in [5, 5.41) is 17.7. The van der Waals surface area contributed by atoms with Gasteiger partial charge in [0.1, 0.15) is 18.5 Å². The number of anilines is 1. The number of aliphatic hydroxyl groups excluding tert-OH is 1. The number of benzene rings is 2. The minimum absolute atomic E-state index is 0.136. The van der Waals surface area contributed by atoms with Gasteiger partial charge >= 0.3 is 0 Å². The molecule has 1 unspecified atom stereocenters. The van der Waals surface area contributed by atoms with Crippen molar-refractivity contribution < 1.29 is 14.6 Å². The monoisotopic (exact) mass is 407 g/mol. The van der Waals surface area contributed by atoms with Gasteiger partial charge in [-0.1, -0.05) is 37.5 Å². The van der Waals surface area contributed by atoms with Gasteiger partial charge in [-0.3, -0.25) is 4.79 Å². The van der Waals surface area contributed by atoms with E-state index in [-0.39, 0.29) is 12.5 Å². The highest BCUT2D eigenvalue weighted by molar-refractivity contribution is 6.10. The smallest absolute Gasteiger partial charge is 0.259 e. The van der Waals surface area contributed by atoms with Gasteiger partial charge in [0.15, 0.2) is 0 Å². The van der Waals surface area contributed by atoms with Crippen LogP contribution in [0.25, 0.3) is 10.9 Å². The average Bonchev–Trinajstić information content (AvgIpc) is 3.27. The molecule has 1 heterocycles. The first-order valence-electron chi connectivity index (χ1n) is 10.7. The quantitative estimate of drug-likeness (QED) is 0.453. The first-order chi connectivity index (χ1) is 14.7. The van der Waals surface area contributed by atoms with Crippen molar-refractivity contribution in [3.8, 4) is 5.75 Å². The van der Waals surface area contributed by atoms with E-state index in [4.69, 9.17) is 4.74 Å². The van der Waals surface area contributed by atoms with Crippen LogP contribution < -0.4 is 15.4 Å². The molecule has 0 spiro atoms. The van der Waals surface area contributed by atoms with E-state index in [9.17, 15) is 9.90 Å². The topological polar surface area (TPSA) is 86.4 Å². The SMILES string of the molecule is O=C(Nc1cccc2[nH]ccc12)c1ccccc1OCC(O)CNC1CCCCC1. The van der Waals surface area contributed by atoms with Crippen LogP contribution in [0.5, 0.6) is 5.75 Å². The number of fused-ring (bicyclic) bond motifs is 1. The van der Waals surface area contributed by atoms with Crippen LogP contribution in [0.1, 0.15) is 42.5 Å². The van der Waals surface area contributed by atoms with E-state index in [0.717, 1.165) is 16.6 Å². The van der Waals surface area contributed by atoms with E-state index in [1.54, 1.807) is 18.2 Å². The maximum absolute atomic E-state index is 12.9. The summed E-state index contributed by atoms with van der Waals surface area (Å²) in [7, 11) is 0. The van der Waals surface area contributed by atoms with Crippen LogP contribution in [0.2, 0.25) is 0 Å². The van der Waals surface area contributed by atoms with Gasteiger partial charge in [0.2, 0.25) is 0 Å². The lowest BCUT2D eigenvalue weighted by molar-refractivity contribution is 0.0962. The highest BCUT2D eigenvalue weighted by Gasteiger charge is 2.17. The Labute approximate surface area is 176 Å². The summed E-state index contributed by atoms with van der Waals surface area (Å²) < 4.78 is 5.81. The first kappa shape index (κ1) is 20.4. The summed E-state index contributed by atoms with van der Waals surface area (Å²) in [5.41, 5.74) is 2.15. The van der Waals surface area contributed by atoms with Crippen LogP contribution in [0, 0.1) is 0 Å². The Bertz CT molecular complexity index is 978. The molecule has 2 aromatic carbocycles. The minimum atomic E-state index is -0.628. The molecule has 0 radical (unpaired) electrons. The van der Waals surface area contributed by atoms with Crippen molar-refractivity contribution in [3.05, 3.63) is 60.3 Å². The molecule has 0 aliphatic heterocycles. The molecule has 158 valence electrons. The van der Waals surface area contributed by atoms with Gasteiger partial charge in [-0.05, 0) is 43.2 Å². The summed E-state index contributed by atoms with van der Waals surface area (Å²) in [6.45, 7) is 0.631. The third kappa shape index (κ3) is 5.01. The van der Waals surface area contributed by atoms with Crippen LogP contribution in [-0.2, 0) is 0 Å². The van der Waals surface area contributed by atoms with Crippen molar-refractivity contribution in [3.63, 3.8) is 0 Å². The second-order valence-electron chi connectivity index (χ2n) is 7.90. The number of ether oxygens (including phenoxy) is 1. The van der Waals surface area contributed by atoms with Crippen LogP contribution in [0.3, 0.4) is 0 Å². The average molecular weight is 408 g/mol. The lowest BCUT2D eigenvalue weighted by atomic mass is 9.95. The van der Waals surface area contributed by atoms with Crippen molar-refractivity contribution in [2.24, 2.45) is 0 Å². The normalized spacial score (nSPS) is 15.8. The fourth-order valence-electron chi connectivity index (χ4n) is 4.02. The minimum Gasteiger partial charge on any atom is -0.490 e. The largest absolute Gasteiger partial charge is 0.490 e. The summed E-state index contributed by atoms with van der Waals surface area (Å²) in [4.78, 5) is 16.0. The molecule has 1 aliphatic carbocycles. The van der Waals surface area contributed by atoms with Gasteiger partial charge in [0.05, 0.1) is 11.3 Å². The number of para-hydroxylation sites is 1. The Morgan fingerprint density at radius 3 is 2.80 bits per heavy atom. The number of aromatic nitrogens is 1.